The van der Waals surface area contributed by atoms with E-state index < -0.39 is 29.3 Å². The lowest BCUT2D eigenvalue weighted by molar-refractivity contribution is -0.149. The summed E-state index contributed by atoms with van der Waals surface area (Å²) in [6.07, 6.45) is 3.11. The van der Waals surface area contributed by atoms with Crippen LogP contribution in [0.15, 0.2) is 48.5 Å². The molecule has 7 nitrogen and oxygen atoms in total. The summed E-state index contributed by atoms with van der Waals surface area (Å²) in [4.78, 5) is 43.4. The summed E-state index contributed by atoms with van der Waals surface area (Å²) in [5.74, 6) is -0.559. The topological polar surface area (TPSA) is 87.7 Å². The highest BCUT2D eigenvalue weighted by Gasteiger charge is 2.43. The van der Waals surface area contributed by atoms with Crippen LogP contribution in [0, 0.1) is 13.8 Å². The number of alkyl carbamates (subject to hydrolysis) is 1. The molecule has 0 spiro atoms. The molecule has 2 unspecified atom stereocenters. The van der Waals surface area contributed by atoms with E-state index >= 15 is 0 Å². The van der Waals surface area contributed by atoms with E-state index in [1.807, 2.05) is 77.1 Å². The van der Waals surface area contributed by atoms with Crippen molar-refractivity contribution in [1.82, 2.24) is 15.5 Å². The molecule has 226 valence electrons. The van der Waals surface area contributed by atoms with Gasteiger partial charge >= 0.3 is 6.09 Å². The molecule has 0 aliphatic carbocycles. The van der Waals surface area contributed by atoms with Gasteiger partial charge in [-0.1, -0.05) is 86.3 Å². The molecule has 2 atom stereocenters. The molecule has 0 heterocycles. The van der Waals surface area contributed by atoms with Gasteiger partial charge in [-0.25, -0.2) is 4.79 Å². The predicted octanol–water partition coefficient (Wildman–Crippen LogP) is 6.80. The minimum absolute atomic E-state index is 0.225. The smallest absolute Gasteiger partial charge is 0.408 e. The molecule has 0 bridgehead atoms. The van der Waals surface area contributed by atoms with Crippen LogP contribution in [0.5, 0.6) is 0 Å². The highest BCUT2D eigenvalue weighted by molar-refractivity contribution is 5.93. The lowest BCUT2D eigenvalue weighted by Gasteiger charge is -2.44. The first kappa shape index (κ1) is 33.9. The Morgan fingerprint density at radius 1 is 0.902 bits per heavy atom. The third-order valence-corrected chi connectivity index (χ3v) is 7.17. The molecular formula is C34H51N3O4. The van der Waals surface area contributed by atoms with Gasteiger partial charge in [0.2, 0.25) is 11.8 Å². The zero-order valence-corrected chi connectivity index (χ0v) is 26.6. The van der Waals surface area contributed by atoms with Gasteiger partial charge in [-0.15, -0.1) is 0 Å². The third kappa shape index (κ3) is 10.5. The molecule has 0 saturated heterocycles. The van der Waals surface area contributed by atoms with Crippen molar-refractivity contribution in [2.75, 3.05) is 6.54 Å². The minimum Gasteiger partial charge on any atom is -0.444 e. The first-order chi connectivity index (χ1) is 19.2. The summed E-state index contributed by atoms with van der Waals surface area (Å²) < 4.78 is 5.55. The van der Waals surface area contributed by atoms with Gasteiger partial charge in [-0.2, -0.15) is 0 Å². The van der Waals surface area contributed by atoms with Crippen LogP contribution in [-0.4, -0.2) is 46.5 Å². The number of carbonyl (C=O) groups is 3. The summed E-state index contributed by atoms with van der Waals surface area (Å²) >= 11 is 0. The summed E-state index contributed by atoms with van der Waals surface area (Å²) in [5, 5.41) is 5.94. The molecule has 41 heavy (non-hydrogen) atoms. The SMILES string of the molecule is CCCCCNC(=O)C(c1cc(C)cc(C)c1)N(C(=O)C(Cc1ccccc1)NC(=O)OC(C)(C)C)C(C)(C)CC. The number of rotatable bonds is 13. The van der Waals surface area contributed by atoms with Crippen LogP contribution in [-0.2, 0) is 20.7 Å². The quantitative estimate of drug-likeness (QED) is 0.261. The fourth-order valence-corrected chi connectivity index (χ4v) is 4.88. The zero-order chi connectivity index (χ0) is 30.8. The summed E-state index contributed by atoms with van der Waals surface area (Å²) in [6.45, 7) is 17.9. The van der Waals surface area contributed by atoms with E-state index in [1.54, 1.807) is 25.7 Å². The Morgan fingerprint density at radius 3 is 2.05 bits per heavy atom. The molecule has 2 aromatic rings. The number of nitrogens with one attached hydrogen (secondary N) is 2. The van der Waals surface area contributed by atoms with Gasteiger partial charge in [0, 0.05) is 18.5 Å². The number of nitrogens with zero attached hydrogens (tertiary/aromatic N) is 1. The lowest BCUT2D eigenvalue weighted by Crippen LogP contribution is -2.60. The van der Waals surface area contributed by atoms with E-state index in [2.05, 4.69) is 23.6 Å². The van der Waals surface area contributed by atoms with Crippen LogP contribution < -0.4 is 10.6 Å². The maximum Gasteiger partial charge on any atom is 0.408 e. The van der Waals surface area contributed by atoms with E-state index in [0.29, 0.717) is 13.0 Å². The van der Waals surface area contributed by atoms with E-state index in [-0.39, 0.29) is 18.2 Å². The lowest BCUT2D eigenvalue weighted by atomic mass is 9.90. The van der Waals surface area contributed by atoms with Crippen LogP contribution in [0.3, 0.4) is 0 Å². The van der Waals surface area contributed by atoms with E-state index in [9.17, 15) is 14.4 Å². The van der Waals surface area contributed by atoms with Crippen molar-refractivity contribution in [2.45, 2.75) is 118 Å². The molecule has 3 amide bonds. The normalized spacial score (nSPS) is 13.2. The number of unbranched alkanes of at least 4 members (excludes halogenated alkanes) is 2. The Balaban J connectivity index is 2.64. The number of hydrogen-bond acceptors (Lipinski definition) is 4. The largest absolute Gasteiger partial charge is 0.444 e. The van der Waals surface area contributed by atoms with Crippen LogP contribution >= 0.6 is 0 Å². The Morgan fingerprint density at radius 2 is 1.51 bits per heavy atom. The van der Waals surface area contributed by atoms with Gasteiger partial charge in [-0.05, 0) is 72.4 Å². The summed E-state index contributed by atoms with van der Waals surface area (Å²) in [6, 6.07) is 13.7. The zero-order valence-electron chi connectivity index (χ0n) is 26.6. The number of hydrogen-bond donors (Lipinski definition) is 2. The van der Waals surface area contributed by atoms with Crippen LogP contribution in [0.2, 0.25) is 0 Å². The van der Waals surface area contributed by atoms with Crippen LogP contribution in [0.1, 0.15) is 102 Å². The first-order valence-corrected chi connectivity index (χ1v) is 14.9. The van der Waals surface area contributed by atoms with Crippen molar-refractivity contribution in [3.05, 3.63) is 70.8 Å². The highest BCUT2D eigenvalue weighted by Crippen LogP contribution is 2.33. The molecule has 7 heteroatoms. The number of benzene rings is 2. The molecule has 0 saturated carbocycles. The summed E-state index contributed by atoms with van der Waals surface area (Å²) in [5.41, 5.74) is 2.23. The fourth-order valence-electron chi connectivity index (χ4n) is 4.88. The van der Waals surface area contributed by atoms with Crippen molar-refractivity contribution in [1.29, 1.82) is 0 Å². The summed E-state index contributed by atoms with van der Waals surface area (Å²) in [7, 11) is 0. The van der Waals surface area contributed by atoms with Gasteiger partial charge in [0.15, 0.2) is 0 Å². The Hall–Kier alpha value is -3.35. The molecular weight excluding hydrogens is 514 g/mol. The second kappa shape index (κ2) is 15.0. The first-order valence-electron chi connectivity index (χ1n) is 14.9. The molecule has 2 rings (SSSR count). The molecule has 2 aromatic carbocycles. The number of carbonyl (C=O) groups excluding carboxylic acids is 3. The van der Waals surface area contributed by atoms with Crippen molar-refractivity contribution in [3.63, 3.8) is 0 Å². The average Bonchev–Trinajstić information content (AvgIpc) is 2.87. The Labute approximate surface area is 247 Å². The van der Waals surface area contributed by atoms with Gasteiger partial charge in [0.05, 0.1) is 0 Å². The minimum atomic E-state index is -0.945. The van der Waals surface area contributed by atoms with E-state index in [1.165, 1.54) is 0 Å². The maximum atomic E-state index is 14.7. The van der Waals surface area contributed by atoms with Crippen LogP contribution in [0.25, 0.3) is 0 Å². The van der Waals surface area contributed by atoms with Crippen molar-refractivity contribution < 1.29 is 19.1 Å². The van der Waals surface area contributed by atoms with Crippen LogP contribution in [0.4, 0.5) is 4.79 Å². The predicted molar refractivity (Wildman–Crippen MR) is 166 cm³/mol. The second-order valence-corrected chi connectivity index (χ2v) is 12.6. The maximum absolute atomic E-state index is 14.7. The van der Waals surface area contributed by atoms with Crippen molar-refractivity contribution in [3.8, 4) is 0 Å². The van der Waals surface area contributed by atoms with Gasteiger partial charge in [0.25, 0.3) is 0 Å². The van der Waals surface area contributed by atoms with E-state index in [4.69, 9.17) is 4.74 Å². The van der Waals surface area contributed by atoms with Gasteiger partial charge in [0.1, 0.15) is 17.7 Å². The highest BCUT2D eigenvalue weighted by atomic mass is 16.6. The van der Waals surface area contributed by atoms with Gasteiger partial charge in [-0.3, -0.25) is 9.59 Å². The molecule has 0 radical (unpaired) electrons. The van der Waals surface area contributed by atoms with Crippen molar-refractivity contribution >= 4 is 17.9 Å². The molecule has 0 aliphatic heterocycles. The second-order valence-electron chi connectivity index (χ2n) is 12.6. The number of ether oxygens (including phenoxy) is 1. The monoisotopic (exact) mass is 565 g/mol. The average molecular weight is 566 g/mol. The Bertz CT molecular complexity index is 1130. The molecule has 0 aliphatic rings. The third-order valence-electron chi connectivity index (χ3n) is 7.17. The van der Waals surface area contributed by atoms with Crippen molar-refractivity contribution in [2.24, 2.45) is 0 Å². The van der Waals surface area contributed by atoms with E-state index in [0.717, 1.165) is 41.5 Å². The number of amides is 3. The molecule has 0 fully saturated rings. The Kier molecular flexibility index (Phi) is 12.4. The molecule has 0 aromatic heterocycles. The molecule has 2 N–H and O–H groups in total. The fraction of sp³-hybridized carbons (Fsp3) is 0.559. The van der Waals surface area contributed by atoms with Gasteiger partial charge < -0.3 is 20.3 Å². The standard InChI is InChI=1S/C34H51N3O4/c1-10-12-16-19-35-30(38)29(27-21-24(3)20-25(4)22-27)37(34(8,9)11-2)31(39)28(23-26-17-14-13-15-18-26)36-32(40)41-33(5,6)7/h13-15,17-18,20-22,28-29H,10-12,16,19,23H2,1-9H3,(H,35,38)(H,36,40). The number of aryl methyl sites for hydroxylation is 2.